The second-order valence-corrected chi connectivity index (χ2v) is 20.5. The van der Waals surface area contributed by atoms with Crippen LogP contribution in [0.1, 0.15) is 74.9 Å². The molecular formula is C65H52N2. The van der Waals surface area contributed by atoms with Crippen LogP contribution in [0.25, 0.3) is 54.9 Å². The lowest BCUT2D eigenvalue weighted by Crippen LogP contribution is -2.31. The number of hydrogen-bond donors (Lipinski definition) is 0. The molecule has 10 aromatic rings. The standard InChI is InChI=1S/C65H52N2/c1-63(2)53-26-13-11-23-49(53)51-34-32-44(39-56(51)63)66(45-33-35-52-50-24-12-14-27-54(50)64(3,4)57(52)40-45)61-37-30-42-19-8-10-22-48(42)62(61)67-59-29-16-15-28-55(59)65(5,6)58-38-43(31-36-60(58)67)47-25-17-20-41-18-7-9-21-46(41)47/h7-40H,1-6H3. The lowest BCUT2D eigenvalue weighted by atomic mass is 9.72. The summed E-state index contributed by atoms with van der Waals surface area (Å²) >= 11 is 0. The normalized spacial score (nSPS) is 15.3. The van der Waals surface area contributed by atoms with Crippen molar-refractivity contribution in [2.75, 3.05) is 9.80 Å². The molecule has 0 aromatic heterocycles. The zero-order chi connectivity index (χ0) is 45.4. The minimum atomic E-state index is -0.283. The van der Waals surface area contributed by atoms with Gasteiger partial charge in [0.25, 0.3) is 0 Å². The van der Waals surface area contributed by atoms with Crippen LogP contribution in [0.15, 0.2) is 206 Å². The van der Waals surface area contributed by atoms with E-state index in [0.29, 0.717) is 0 Å². The molecule has 0 atom stereocenters. The first-order valence-corrected chi connectivity index (χ1v) is 23.8. The van der Waals surface area contributed by atoms with Crippen LogP contribution in [0, 0.1) is 0 Å². The number of fused-ring (bicyclic) bond motifs is 10. The van der Waals surface area contributed by atoms with Crippen LogP contribution in [0.4, 0.5) is 34.1 Å². The van der Waals surface area contributed by atoms with Gasteiger partial charge in [0.1, 0.15) is 0 Å². The van der Waals surface area contributed by atoms with Crippen molar-refractivity contribution in [3.8, 4) is 33.4 Å². The highest BCUT2D eigenvalue weighted by molar-refractivity contribution is 6.09. The fourth-order valence-corrected chi connectivity index (χ4v) is 12.3. The second kappa shape index (κ2) is 14.2. The fraction of sp³-hybridized carbons (Fsp3) is 0.138. The second-order valence-electron chi connectivity index (χ2n) is 20.5. The summed E-state index contributed by atoms with van der Waals surface area (Å²) in [5.74, 6) is 0. The van der Waals surface area contributed by atoms with Crippen molar-refractivity contribution in [1.82, 2.24) is 0 Å². The quantitative estimate of drug-likeness (QED) is 0.170. The maximum Gasteiger partial charge on any atom is 0.0781 e. The Labute approximate surface area is 394 Å². The summed E-state index contributed by atoms with van der Waals surface area (Å²) in [5, 5.41) is 4.92. The number of anilines is 6. The van der Waals surface area contributed by atoms with Gasteiger partial charge >= 0.3 is 0 Å². The van der Waals surface area contributed by atoms with E-state index >= 15 is 0 Å². The molecule has 2 aliphatic carbocycles. The SMILES string of the molecule is CC1(C)c2ccccc2-c2ccc(N(c3ccc4c(c3)C(C)(C)c3ccccc3-4)c3ccc4ccccc4c3N3c4ccccc4C(C)(C)c4cc(-c5cccc6ccccc56)ccc43)cc21. The Bertz CT molecular complexity index is 3580. The third-order valence-electron chi connectivity index (χ3n) is 15.8. The van der Waals surface area contributed by atoms with E-state index < -0.39 is 0 Å². The predicted molar refractivity (Wildman–Crippen MR) is 284 cm³/mol. The summed E-state index contributed by atoms with van der Waals surface area (Å²) in [6, 6.07) is 77.8. The van der Waals surface area contributed by atoms with Gasteiger partial charge in [-0.3, -0.25) is 0 Å². The lowest BCUT2D eigenvalue weighted by molar-refractivity contribution is 0.632. The van der Waals surface area contributed by atoms with Crippen LogP contribution in [-0.4, -0.2) is 0 Å². The molecule has 0 amide bonds. The number of rotatable bonds is 5. The van der Waals surface area contributed by atoms with E-state index in [1.807, 2.05) is 0 Å². The van der Waals surface area contributed by atoms with Gasteiger partial charge in [-0.2, -0.15) is 0 Å². The molecule has 0 spiro atoms. The van der Waals surface area contributed by atoms with Gasteiger partial charge in [-0.25, -0.2) is 0 Å². The number of hydrogen-bond acceptors (Lipinski definition) is 2. The van der Waals surface area contributed by atoms with Gasteiger partial charge in [-0.1, -0.05) is 199 Å². The Morgan fingerprint density at radius 2 is 0.806 bits per heavy atom. The van der Waals surface area contributed by atoms with Crippen molar-refractivity contribution >= 4 is 55.7 Å². The van der Waals surface area contributed by atoms with Gasteiger partial charge < -0.3 is 9.80 Å². The maximum atomic E-state index is 2.59. The minimum Gasteiger partial charge on any atom is -0.308 e. The highest BCUT2D eigenvalue weighted by Crippen LogP contribution is 2.59. The average Bonchev–Trinajstić information content (AvgIpc) is 3.73. The van der Waals surface area contributed by atoms with Crippen molar-refractivity contribution in [2.24, 2.45) is 0 Å². The van der Waals surface area contributed by atoms with E-state index in [2.05, 4.69) is 258 Å². The monoisotopic (exact) mass is 860 g/mol. The van der Waals surface area contributed by atoms with Crippen molar-refractivity contribution < 1.29 is 0 Å². The van der Waals surface area contributed by atoms with Crippen LogP contribution in [0.5, 0.6) is 0 Å². The van der Waals surface area contributed by atoms with Crippen LogP contribution in [-0.2, 0) is 16.2 Å². The average molecular weight is 861 g/mol. The molecule has 2 heteroatoms. The van der Waals surface area contributed by atoms with Crippen LogP contribution in [0.2, 0.25) is 0 Å². The molecule has 0 fully saturated rings. The van der Waals surface area contributed by atoms with E-state index in [0.717, 1.165) is 22.7 Å². The molecule has 13 rings (SSSR count). The molecule has 67 heavy (non-hydrogen) atoms. The van der Waals surface area contributed by atoms with Crippen molar-refractivity contribution in [3.63, 3.8) is 0 Å². The molecule has 0 saturated heterocycles. The van der Waals surface area contributed by atoms with E-state index in [1.165, 1.54) is 99.7 Å². The first kappa shape index (κ1) is 39.7. The van der Waals surface area contributed by atoms with Gasteiger partial charge in [0.05, 0.1) is 22.7 Å². The predicted octanol–water partition coefficient (Wildman–Crippen LogP) is 17.9. The number of benzene rings is 10. The molecule has 0 unspecified atom stereocenters. The van der Waals surface area contributed by atoms with Gasteiger partial charge in [-0.15, -0.1) is 0 Å². The summed E-state index contributed by atoms with van der Waals surface area (Å²) in [4.78, 5) is 5.15. The van der Waals surface area contributed by atoms with Crippen LogP contribution < -0.4 is 9.80 Å². The molecule has 2 nitrogen and oxygen atoms in total. The van der Waals surface area contributed by atoms with Gasteiger partial charge in [0.15, 0.2) is 0 Å². The molecule has 0 N–H and O–H groups in total. The Morgan fingerprint density at radius 3 is 1.46 bits per heavy atom. The first-order valence-electron chi connectivity index (χ1n) is 23.8. The third kappa shape index (κ3) is 5.63. The zero-order valence-corrected chi connectivity index (χ0v) is 39.0. The Balaban J connectivity index is 1.09. The molecule has 10 aromatic carbocycles. The van der Waals surface area contributed by atoms with Crippen molar-refractivity contribution in [3.05, 3.63) is 240 Å². The topological polar surface area (TPSA) is 6.48 Å². The molecule has 0 bridgehead atoms. The molecular weight excluding hydrogens is 809 g/mol. The summed E-state index contributed by atoms with van der Waals surface area (Å²) in [5.41, 5.74) is 22.2. The molecule has 3 aliphatic rings. The van der Waals surface area contributed by atoms with E-state index in [9.17, 15) is 0 Å². The van der Waals surface area contributed by atoms with Crippen LogP contribution in [0.3, 0.4) is 0 Å². The number of para-hydroxylation sites is 1. The summed E-state index contributed by atoms with van der Waals surface area (Å²) in [7, 11) is 0. The van der Waals surface area contributed by atoms with Crippen molar-refractivity contribution in [1.29, 1.82) is 0 Å². The van der Waals surface area contributed by atoms with Gasteiger partial charge in [0.2, 0.25) is 0 Å². The van der Waals surface area contributed by atoms with Gasteiger partial charge in [0, 0.05) is 33.0 Å². The number of nitrogens with zero attached hydrogens (tertiary/aromatic N) is 2. The lowest BCUT2D eigenvalue weighted by Gasteiger charge is -2.44. The molecule has 0 radical (unpaired) electrons. The van der Waals surface area contributed by atoms with Crippen LogP contribution >= 0.6 is 0 Å². The molecule has 322 valence electrons. The zero-order valence-electron chi connectivity index (χ0n) is 39.0. The first-order chi connectivity index (χ1) is 32.5. The highest BCUT2D eigenvalue weighted by Gasteiger charge is 2.41. The van der Waals surface area contributed by atoms with E-state index in [4.69, 9.17) is 0 Å². The molecule has 1 heterocycles. The molecule has 0 saturated carbocycles. The van der Waals surface area contributed by atoms with Gasteiger partial charge in [-0.05, 0) is 131 Å². The highest BCUT2D eigenvalue weighted by atomic mass is 15.2. The fourth-order valence-electron chi connectivity index (χ4n) is 12.3. The Morgan fingerprint density at radius 1 is 0.328 bits per heavy atom. The van der Waals surface area contributed by atoms with Crippen molar-refractivity contribution in [2.45, 2.75) is 57.8 Å². The summed E-state index contributed by atoms with van der Waals surface area (Å²) < 4.78 is 0. The summed E-state index contributed by atoms with van der Waals surface area (Å²) in [6.07, 6.45) is 0. The van der Waals surface area contributed by atoms with E-state index in [-0.39, 0.29) is 16.2 Å². The largest absolute Gasteiger partial charge is 0.308 e. The van der Waals surface area contributed by atoms with E-state index in [1.54, 1.807) is 0 Å². The molecule has 1 aliphatic heterocycles. The third-order valence-corrected chi connectivity index (χ3v) is 15.8. The minimum absolute atomic E-state index is 0.167. The maximum absolute atomic E-state index is 2.59. The Hall–Kier alpha value is -7.68. The summed E-state index contributed by atoms with van der Waals surface area (Å²) in [6.45, 7) is 14.4. The Kier molecular flexibility index (Phi) is 8.38. The smallest absolute Gasteiger partial charge is 0.0781 e.